The molecule has 2 atom stereocenters. The number of rotatable bonds is 18. The van der Waals surface area contributed by atoms with Gasteiger partial charge < -0.3 is 44.2 Å². The maximum absolute atomic E-state index is 14.3. The summed E-state index contributed by atoms with van der Waals surface area (Å²) < 4.78 is 89.7. The number of halogens is 2. The molecule has 0 saturated carbocycles. The summed E-state index contributed by atoms with van der Waals surface area (Å²) in [5, 5.41) is 15.5. The maximum atomic E-state index is 14.3. The zero-order valence-corrected chi connectivity index (χ0v) is 48.1. The Kier molecular flexibility index (Phi) is 21.8. The summed E-state index contributed by atoms with van der Waals surface area (Å²) >= 11 is 2.67. The summed E-state index contributed by atoms with van der Waals surface area (Å²) in [5.41, 5.74) is 7.18. The van der Waals surface area contributed by atoms with Crippen LogP contribution in [0.5, 0.6) is 34.5 Å². The van der Waals surface area contributed by atoms with Gasteiger partial charge in [0.1, 0.15) is 11.6 Å². The first-order chi connectivity index (χ1) is 38.3. The van der Waals surface area contributed by atoms with Gasteiger partial charge in [0.15, 0.2) is 33.9 Å². The molecule has 432 valence electrons. The van der Waals surface area contributed by atoms with E-state index in [-0.39, 0.29) is 55.8 Å². The van der Waals surface area contributed by atoms with Gasteiger partial charge in [0.05, 0.1) is 96.8 Å². The summed E-state index contributed by atoms with van der Waals surface area (Å²) in [6.07, 6.45) is 6.36. The van der Waals surface area contributed by atoms with E-state index >= 15 is 0 Å². The Morgan fingerprint density at radius 2 is 0.975 bits per heavy atom. The van der Waals surface area contributed by atoms with Gasteiger partial charge in [0.2, 0.25) is 23.3 Å². The lowest BCUT2D eigenvalue weighted by Crippen LogP contribution is -2.30. The SMILES string of the molecule is C.COc1cc2c(c(OC)c1OC)-c1ccc(SC)c(=O)cc1[C@@H](NC(=O)Cc1cc(F)cc(CO)c1)CC2.COc1cc2c(c(OC)c1OC)-c1ccc(SC)c(=O)cc1[C@@H](NC(=O)Cc1cc(F)cc(COS(C)(=O)=O)c1)CC2. The number of benzene rings is 4. The number of nitrogens with one attached hydrogen (secondary N) is 2. The van der Waals surface area contributed by atoms with Gasteiger partial charge in [-0.3, -0.25) is 23.4 Å². The van der Waals surface area contributed by atoms with Crippen molar-refractivity contribution < 1.29 is 64.5 Å². The van der Waals surface area contributed by atoms with Crippen LogP contribution in [-0.2, 0) is 62.8 Å². The van der Waals surface area contributed by atoms with Gasteiger partial charge in [-0.05, 0) is 154 Å². The molecule has 21 heteroatoms. The quantitative estimate of drug-likeness (QED) is 0.0540. The largest absolute Gasteiger partial charge is 0.493 e. The van der Waals surface area contributed by atoms with E-state index in [1.54, 1.807) is 44.6 Å². The molecular weight excluding hydrogens is 1110 g/mol. The highest BCUT2D eigenvalue weighted by molar-refractivity contribution is 7.98. The van der Waals surface area contributed by atoms with Crippen LogP contribution >= 0.6 is 23.5 Å². The van der Waals surface area contributed by atoms with Gasteiger partial charge in [-0.2, -0.15) is 8.42 Å². The first kappa shape index (κ1) is 63.0. The van der Waals surface area contributed by atoms with Crippen molar-refractivity contribution in [1.29, 1.82) is 0 Å². The van der Waals surface area contributed by atoms with Crippen molar-refractivity contribution in [1.82, 2.24) is 10.6 Å². The first-order valence-electron chi connectivity index (χ1n) is 25.0. The van der Waals surface area contributed by atoms with Crippen molar-refractivity contribution in [3.05, 3.63) is 162 Å². The second kappa shape index (κ2) is 28.0. The number of aliphatic hydroxyl groups excluding tert-OH is 1. The van der Waals surface area contributed by atoms with Gasteiger partial charge in [0, 0.05) is 11.1 Å². The fourth-order valence-corrected chi connectivity index (χ4v) is 11.4. The van der Waals surface area contributed by atoms with Gasteiger partial charge in [-0.15, -0.1) is 23.5 Å². The molecular formula is C60H66F2N2O14S3. The van der Waals surface area contributed by atoms with E-state index in [1.165, 1.54) is 76.2 Å². The number of fused-ring (bicyclic) bond motifs is 6. The van der Waals surface area contributed by atoms with Crippen LogP contribution in [0, 0.1) is 11.6 Å². The van der Waals surface area contributed by atoms with Gasteiger partial charge >= 0.3 is 0 Å². The predicted molar refractivity (Wildman–Crippen MR) is 310 cm³/mol. The van der Waals surface area contributed by atoms with Crippen LogP contribution in [-0.4, -0.2) is 86.8 Å². The highest BCUT2D eigenvalue weighted by atomic mass is 32.2. The van der Waals surface area contributed by atoms with E-state index in [4.69, 9.17) is 32.6 Å². The standard InChI is InChI=1S/C30H32FNO8S2.C29H30FNO6S.CH4/c1-37-25-14-19-6-8-23(32-27(34)13-17-10-18(12-20(31)11-17)16-40-42(5,35)36)22-15-24(33)26(41-4)9-7-21(22)28(19)30(39-3)29(25)38-2;1-35-24-13-18-5-7-22(31-26(34)12-16-9-17(15-32)11-19(30)10-16)21-14-23(33)25(38-4)8-6-20(21)27(18)29(37-3)28(24)36-2;/h7,9-12,14-15,23H,6,8,13,16H2,1-5H3,(H,32,34);6,8-11,13-14,22,32H,5,7,12,15H2,1-4H3,(H,31,34);1H4/t23-;22-;/m00./s1. The second-order valence-electron chi connectivity index (χ2n) is 18.6. The molecule has 2 aliphatic carbocycles. The smallest absolute Gasteiger partial charge is 0.264 e. The van der Waals surface area contributed by atoms with E-state index in [9.17, 15) is 41.5 Å². The molecule has 0 aliphatic heterocycles. The number of aliphatic hydroxyl groups is 1. The molecule has 8 rings (SSSR count). The minimum Gasteiger partial charge on any atom is -0.493 e. The number of methoxy groups -OCH3 is 6. The third-order valence-electron chi connectivity index (χ3n) is 13.5. The Morgan fingerprint density at radius 1 is 0.580 bits per heavy atom. The molecule has 0 bridgehead atoms. The lowest BCUT2D eigenvalue weighted by Gasteiger charge is -2.20. The normalized spacial score (nSPS) is 14.0. The summed E-state index contributed by atoms with van der Waals surface area (Å²) in [4.78, 5) is 53.8. The number of amides is 2. The lowest BCUT2D eigenvalue weighted by molar-refractivity contribution is -0.122. The first-order valence-corrected chi connectivity index (χ1v) is 29.3. The molecule has 6 aromatic rings. The zero-order chi connectivity index (χ0) is 58.0. The Hall–Kier alpha value is -7.17. The molecule has 2 amide bonds. The van der Waals surface area contributed by atoms with Crippen LogP contribution in [0.15, 0.2) is 104 Å². The lowest BCUT2D eigenvalue weighted by atomic mass is 9.95. The van der Waals surface area contributed by atoms with Crippen molar-refractivity contribution in [2.24, 2.45) is 0 Å². The number of thioether (sulfide) groups is 2. The zero-order valence-electron chi connectivity index (χ0n) is 45.6. The summed E-state index contributed by atoms with van der Waals surface area (Å²) in [6, 6.07) is 21.1. The van der Waals surface area contributed by atoms with Crippen LogP contribution in [0.1, 0.15) is 76.9 Å². The third kappa shape index (κ3) is 14.9. The number of ether oxygens (including phenoxy) is 6. The second-order valence-corrected chi connectivity index (χ2v) is 22.0. The van der Waals surface area contributed by atoms with Crippen LogP contribution in [0.2, 0.25) is 0 Å². The Bertz CT molecular complexity index is 3570. The Morgan fingerprint density at radius 3 is 1.35 bits per heavy atom. The number of aryl methyl sites for hydroxylation is 2. The molecule has 0 aromatic heterocycles. The van der Waals surface area contributed by atoms with E-state index < -0.39 is 39.7 Å². The highest BCUT2D eigenvalue weighted by Crippen LogP contribution is 2.52. The molecule has 2 aliphatic rings. The Balaban J connectivity index is 0.000000259. The number of carbonyl (C=O) groups is 2. The maximum Gasteiger partial charge on any atom is 0.264 e. The fourth-order valence-electron chi connectivity index (χ4n) is 10.1. The van der Waals surface area contributed by atoms with Crippen molar-refractivity contribution in [2.75, 3.05) is 61.4 Å². The fraction of sp³-hybridized carbons (Fsp3) is 0.333. The monoisotopic (exact) mass is 1170 g/mol. The summed E-state index contributed by atoms with van der Waals surface area (Å²) in [5.74, 6) is 0.934. The van der Waals surface area contributed by atoms with E-state index in [0.717, 1.165) is 40.1 Å². The average Bonchev–Trinajstić information content (AvgIpc) is 3.88. The van der Waals surface area contributed by atoms with Gasteiger partial charge in [-0.25, -0.2) is 8.78 Å². The molecule has 0 heterocycles. The van der Waals surface area contributed by atoms with Crippen LogP contribution < -0.4 is 49.9 Å². The number of carbonyl (C=O) groups excluding carboxylic acids is 2. The third-order valence-corrected chi connectivity index (χ3v) is 15.6. The molecule has 0 fully saturated rings. The van der Waals surface area contributed by atoms with Crippen molar-refractivity contribution >= 4 is 45.5 Å². The van der Waals surface area contributed by atoms with Crippen molar-refractivity contribution in [3.63, 3.8) is 0 Å². The summed E-state index contributed by atoms with van der Waals surface area (Å²) in [6.45, 7) is -0.676. The number of hydrogen-bond acceptors (Lipinski definition) is 16. The molecule has 16 nitrogen and oxygen atoms in total. The summed E-state index contributed by atoms with van der Waals surface area (Å²) in [7, 11) is 5.51. The predicted octanol–water partition coefficient (Wildman–Crippen LogP) is 9.50. The molecule has 6 aromatic carbocycles. The molecule has 0 unspecified atom stereocenters. The minimum atomic E-state index is -3.73. The molecule has 81 heavy (non-hydrogen) atoms. The van der Waals surface area contributed by atoms with E-state index in [2.05, 4.69) is 10.6 Å². The van der Waals surface area contributed by atoms with Crippen LogP contribution in [0.3, 0.4) is 0 Å². The molecule has 3 N–H and O–H groups in total. The van der Waals surface area contributed by atoms with Crippen LogP contribution in [0.4, 0.5) is 8.78 Å². The average molecular weight is 1170 g/mol. The van der Waals surface area contributed by atoms with E-state index in [1.807, 2.05) is 36.8 Å². The van der Waals surface area contributed by atoms with Gasteiger partial charge in [-0.1, -0.05) is 31.7 Å². The van der Waals surface area contributed by atoms with Crippen molar-refractivity contribution in [3.8, 4) is 56.8 Å². The topological polar surface area (TPSA) is 211 Å². The van der Waals surface area contributed by atoms with Crippen LogP contribution in [0.25, 0.3) is 22.3 Å². The van der Waals surface area contributed by atoms with E-state index in [0.29, 0.717) is 103 Å². The molecule has 0 spiro atoms. The van der Waals surface area contributed by atoms with Gasteiger partial charge in [0.25, 0.3) is 10.1 Å². The minimum absolute atomic E-state index is 0. The molecule has 0 radical (unpaired) electrons. The Labute approximate surface area is 479 Å². The molecule has 0 saturated heterocycles. The van der Waals surface area contributed by atoms with Crippen molar-refractivity contribution in [2.45, 2.75) is 81.0 Å². The number of hydrogen-bond donors (Lipinski definition) is 3. The highest BCUT2D eigenvalue weighted by Gasteiger charge is 2.32.